The molecule has 150 valence electrons. The summed E-state index contributed by atoms with van der Waals surface area (Å²) < 4.78 is 7.07. The van der Waals surface area contributed by atoms with Crippen molar-refractivity contribution < 1.29 is 14.3 Å². The predicted molar refractivity (Wildman–Crippen MR) is 117 cm³/mol. The maximum absolute atomic E-state index is 12.4. The van der Waals surface area contributed by atoms with Crippen molar-refractivity contribution in [2.45, 2.75) is 4.34 Å². The van der Waals surface area contributed by atoms with Gasteiger partial charge in [-0.05, 0) is 42.5 Å². The summed E-state index contributed by atoms with van der Waals surface area (Å²) in [6.45, 7) is 2.50. The average Bonchev–Trinajstić information content (AvgIpc) is 3.15. The van der Waals surface area contributed by atoms with E-state index in [-0.39, 0.29) is 11.8 Å². The van der Waals surface area contributed by atoms with Gasteiger partial charge in [0.15, 0.2) is 4.34 Å². The Morgan fingerprint density at radius 2 is 1.93 bits per heavy atom. The first-order chi connectivity index (χ1) is 14.1. The molecule has 1 aliphatic heterocycles. The minimum absolute atomic E-state index is 0.105. The number of aromatic nitrogens is 1. The number of anilines is 1. The number of carbonyl (C=O) groups excluding carboxylic acids is 2. The fraction of sp³-hybridized carbons (Fsp3) is 0.250. The van der Waals surface area contributed by atoms with E-state index >= 15 is 0 Å². The first kappa shape index (κ1) is 20.2. The second-order valence-corrected chi connectivity index (χ2v) is 9.09. The molecule has 1 aliphatic rings. The summed E-state index contributed by atoms with van der Waals surface area (Å²) in [4.78, 5) is 31.1. The second-order valence-electron chi connectivity index (χ2n) is 6.41. The van der Waals surface area contributed by atoms with E-state index in [1.165, 1.54) is 23.1 Å². The molecule has 2 amide bonds. The lowest BCUT2D eigenvalue weighted by Crippen LogP contribution is -2.41. The molecule has 4 rings (SSSR count). The normalized spacial score (nSPS) is 14.2. The van der Waals surface area contributed by atoms with Gasteiger partial charge in [0.25, 0.3) is 5.91 Å². The molecular weight excluding hydrogens is 430 g/mol. The van der Waals surface area contributed by atoms with Crippen molar-refractivity contribution in [3.05, 3.63) is 53.1 Å². The first-order valence-electron chi connectivity index (χ1n) is 9.04. The van der Waals surface area contributed by atoms with Crippen molar-refractivity contribution in [1.29, 1.82) is 0 Å². The molecule has 0 aliphatic carbocycles. The number of hydrogen-bond donors (Lipinski definition) is 1. The van der Waals surface area contributed by atoms with E-state index < -0.39 is 0 Å². The third-order valence-electron chi connectivity index (χ3n) is 4.42. The van der Waals surface area contributed by atoms with E-state index in [0.717, 1.165) is 14.6 Å². The lowest BCUT2D eigenvalue weighted by molar-refractivity contribution is -0.132. The quantitative estimate of drug-likeness (QED) is 0.595. The summed E-state index contributed by atoms with van der Waals surface area (Å²) in [5.41, 5.74) is 2.08. The number of ether oxygens (including phenoxy) is 1. The zero-order valence-electron chi connectivity index (χ0n) is 15.4. The van der Waals surface area contributed by atoms with Gasteiger partial charge in [0.05, 0.1) is 29.2 Å². The predicted octanol–water partition coefficient (Wildman–Crippen LogP) is 4.15. The van der Waals surface area contributed by atoms with Crippen molar-refractivity contribution in [3.63, 3.8) is 0 Å². The zero-order valence-corrected chi connectivity index (χ0v) is 17.8. The average molecular weight is 448 g/mol. The first-order valence-corrected chi connectivity index (χ1v) is 11.2. The monoisotopic (exact) mass is 447 g/mol. The summed E-state index contributed by atoms with van der Waals surface area (Å²) in [5, 5.41) is 3.48. The molecule has 1 saturated heterocycles. The van der Waals surface area contributed by atoms with E-state index in [2.05, 4.69) is 10.3 Å². The summed E-state index contributed by atoms with van der Waals surface area (Å²) in [6.07, 6.45) is 0. The van der Waals surface area contributed by atoms with E-state index in [0.29, 0.717) is 48.3 Å². The molecular formula is C20H18ClN3O3S2. The number of fused-ring (bicyclic) bond motifs is 1. The van der Waals surface area contributed by atoms with E-state index in [4.69, 9.17) is 16.3 Å². The van der Waals surface area contributed by atoms with Gasteiger partial charge in [-0.2, -0.15) is 0 Å². The fourth-order valence-corrected chi connectivity index (χ4v) is 5.01. The van der Waals surface area contributed by atoms with Crippen LogP contribution in [0.25, 0.3) is 10.2 Å². The molecule has 6 nitrogen and oxygen atoms in total. The number of benzene rings is 2. The van der Waals surface area contributed by atoms with Crippen LogP contribution in [-0.2, 0) is 9.53 Å². The standard InChI is InChI=1S/C20H18ClN3O3S2/c21-14-3-1-13(2-4-14)19(26)22-15-5-6-16-17(11-15)29-20(23-16)28-12-18(25)24-7-9-27-10-8-24/h1-6,11H,7-10,12H2,(H,22,26). The van der Waals surface area contributed by atoms with Crippen LogP contribution in [0, 0.1) is 0 Å². The molecule has 0 radical (unpaired) electrons. The van der Waals surface area contributed by atoms with Gasteiger partial charge in [-0.25, -0.2) is 4.98 Å². The molecule has 1 aromatic heterocycles. The largest absolute Gasteiger partial charge is 0.378 e. The Bertz CT molecular complexity index is 1030. The van der Waals surface area contributed by atoms with E-state index in [9.17, 15) is 9.59 Å². The number of morpholine rings is 1. The Kier molecular flexibility index (Phi) is 6.34. The van der Waals surface area contributed by atoms with Gasteiger partial charge in [0.2, 0.25) is 5.91 Å². The highest BCUT2D eigenvalue weighted by Gasteiger charge is 2.17. The van der Waals surface area contributed by atoms with Crippen LogP contribution in [0.15, 0.2) is 46.8 Å². The van der Waals surface area contributed by atoms with Crippen LogP contribution in [0.4, 0.5) is 5.69 Å². The molecule has 0 atom stereocenters. The second kappa shape index (κ2) is 9.13. The van der Waals surface area contributed by atoms with E-state index in [1.807, 2.05) is 23.1 Å². The molecule has 0 spiro atoms. The van der Waals surface area contributed by atoms with Gasteiger partial charge in [-0.1, -0.05) is 23.4 Å². The number of nitrogens with one attached hydrogen (secondary N) is 1. The number of thioether (sulfide) groups is 1. The number of carbonyl (C=O) groups is 2. The SMILES string of the molecule is O=C(Nc1ccc2nc(SCC(=O)N3CCOCC3)sc2c1)c1ccc(Cl)cc1. The Morgan fingerprint density at radius 1 is 1.17 bits per heavy atom. The molecule has 1 fully saturated rings. The minimum atomic E-state index is -0.198. The highest BCUT2D eigenvalue weighted by Crippen LogP contribution is 2.31. The third-order valence-corrected chi connectivity index (χ3v) is 6.81. The van der Waals surface area contributed by atoms with Crippen molar-refractivity contribution in [3.8, 4) is 0 Å². The molecule has 3 aromatic rings. The summed E-state index contributed by atoms with van der Waals surface area (Å²) in [7, 11) is 0. The fourth-order valence-electron chi connectivity index (χ4n) is 2.88. The number of rotatable bonds is 5. The van der Waals surface area contributed by atoms with Crippen molar-refractivity contribution in [1.82, 2.24) is 9.88 Å². The van der Waals surface area contributed by atoms with Crippen molar-refractivity contribution >= 4 is 62.4 Å². The van der Waals surface area contributed by atoms with Crippen LogP contribution in [0.1, 0.15) is 10.4 Å². The summed E-state index contributed by atoms with van der Waals surface area (Å²) in [5.74, 6) is 0.268. The lowest BCUT2D eigenvalue weighted by atomic mass is 10.2. The van der Waals surface area contributed by atoms with Gasteiger partial charge >= 0.3 is 0 Å². The van der Waals surface area contributed by atoms with Crippen molar-refractivity contribution in [2.24, 2.45) is 0 Å². The van der Waals surface area contributed by atoms with Crippen LogP contribution >= 0.6 is 34.7 Å². The number of nitrogens with zero attached hydrogens (tertiary/aromatic N) is 2. The maximum atomic E-state index is 12.4. The Morgan fingerprint density at radius 3 is 2.69 bits per heavy atom. The van der Waals surface area contributed by atoms with Crippen LogP contribution in [-0.4, -0.2) is 53.8 Å². The van der Waals surface area contributed by atoms with Crippen LogP contribution < -0.4 is 5.32 Å². The molecule has 2 heterocycles. The Labute approximate surface area is 181 Å². The van der Waals surface area contributed by atoms with E-state index in [1.54, 1.807) is 24.3 Å². The van der Waals surface area contributed by atoms with Crippen molar-refractivity contribution in [2.75, 3.05) is 37.4 Å². The van der Waals surface area contributed by atoms with Gasteiger partial charge in [0.1, 0.15) is 0 Å². The third kappa shape index (κ3) is 5.08. The van der Waals surface area contributed by atoms with Crippen LogP contribution in [0.3, 0.4) is 0 Å². The number of hydrogen-bond acceptors (Lipinski definition) is 6. The van der Waals surface area contributed by atoms with Gasteiger partial charge in [-0.15, -0.1) is 11.3 Å². The summed E-state index contributed by atoms with van der Waals surface area (Å²) >= 11 is 8.82. The highest BCUT2D eigenvalue weighted by molar-refractivity contribution is 8.01. The number of thiazole rings is 1. The molecule has 0 bridgehead atoms. The van der Waals surface area contributed by atoms with Gasteiger partial charge in [0, 0.05) is 29.4 Å². The minimum Gasteiger partial charge on any atom is -0.378 e. The molecule has 9 heteroatoms. The number of halogens is 1. The Balaban J connectivity index is 1.40. The van der Waals surface area contributed by atoms with Gasteiger partial charge < -0.3 is 15.0 Å². The maximum Gasteiger partial charge on any atom is 0.255 e. The molecule has 0 saturated carbocycles. The molecule has 2 aromatic carbocycles. The number of amides is 2. The topological polar surface area (TPSA) is 71.5 Å². The summed E-state index contributed by atoms with van der Waals surface area (Å²) in [6, 6.07) is 12.3. The Hall–Kier alpha value is -2.13. The smallest absolute Gasteiger partial charge is 0.255 e. The van der Waals surface area contributed by atoms with Crippen LogP contribution in [0.2, 0.25) is 5.02 Å². The van der Waals surface area contributed by atoms with Gasteiger partial charge in [-0.3, -0.25) is 9.59 Å². The highest BCUT2D eigenvalue weighted by atomic mass is 35.5. The molecule has 0 unspecified atom stereocenters. The molecule has 1 N–H and O–H groups in total. The molecule has 29 heavy (non-hydrogen) atoms. The lowest BCUT2D eigenvalue weighted by Gasteiger charge is -2.26. The van der Waals surface area contributed by atoms with Crippen LogP contribution in [0.5, 0.6) is 0 Å². The zero-order chi connectivity index (χ0) is 20.2.